The zero-order valence-electron chi connectivity index (χ0n) is 10.4. The van der Waals surface area contributed by atoms with Crippen LogP contribution in [-0.4, -0.2) is 27.6 Å². The maximum Gasteiger partial charge on any atom is 0.354 e. The van der Waals surface area contributed by atoms with E-state index >= 15 is 0 Å². The van der Waals surface area contributed by atoms with Crippen LogP contribution in [-0.2, 0) is 11.8 Å². The largest absolute Gasteiger partial charge is 0.464 e. The number of hydrogen-bond acceptors (Lipinski definition) is 3. The summed E-state index contributed by atoms with van der Waals surface area (Å²) in [4.78, 5) is 18.8. The number of imidazole rings is 1. The van der Waals surface area contributed by atoms with Crippen molar-refractivity contribution in [2.24, 2.45) is 7.05 Å². The van der Waals surface area contributed by atoms with Gasteiger partial charge in [-0.15, -0.1) is 0 Å². The third-order valence-corrected chi connectivity index (χ3v) is 2.91. The minimum Gasteiger partial charge on any atom is -0.464 e. The lowest BCUT2D eigenvalue weighted by Crippen LogP contribution is -2.03. The van der Waals surface area contributed by atoms with Gasteiger partial charge >= 0.3 is 5.97 Å². The summed E-state index contributed by atoms with van der Waals surface area (Å²) in [5.41, 5.74) is 3.11. The lowest BCUT2D eigenvalue weighted by Gasteiger charge is -1.98. The maximum absolute atomic E-state index is 11.5. The molecule has 0 aliphatic rings. The van der Waals surface area contributed by atoms with Crippen molar-refractivity contribution in [3.8, 4) is 11.3 Å². The monoisotopic (exact) mass is 233 g/mol. The van der Waals surface area contributed by atoms with Gasteiger partial charge in [-0.25, -0.2) is 9.78 Å². The number of esters is 1. The number of aromatic amines is 1. The fraction of sp³-hybridized carbons (Fsp3) is 0.333. The second-order valence-corrected chi connectivity index (χ2v) is 3.98. The number of rotatable bonds is 2. The fourth-order valence-corrected chi connectivity index (χ4v) is 1.76. The molecule has 2 heterocycles. The van der Waals surface area contributed by atoms with Crippen LogP contribution in [0.5, 0.6) is 0 Å². The van der Waals surface area contributed by atoms with Crippen molar-refractivity contribution in [2.75, 3.05) is 7.11 Å². The van der Waals surface area contributed by atoms with E-state index in [1.165, 1.54) is 7.11 Å². The number of carbonyl (C=O) groups excluding carboxylic acids is 1. The number of aromatic nitrogens is 3. The Morgan fingerprint density at radius 1 is 1.47 bits per heavy atom. The van der Waals surface area contributed by atoms with Crippen LogP contribution in [0.4, 0.5) is 0 Å². The maximum atomic E-state index is 11.5. The van der Waals surface area contributed by atoms with Crippen molar-refractivity contribution in [1.29, 1.82) is 0 Å². The predicted octanol–water partition coefficient (Wildman–Crippen LogP) is 1.82. The van der Waals surface area contributed by atoms with Gasteiger partial charge in [0.05, 0.1) is 12.8 Å². The molecular weight excluding hydrogens is 218 g/mol. The number of carbonyl (C=O) groups is 1. The normalized spacial score (nSPS) is 10.6. The van der Waals surface area contributed by atoms with Crippen LogP contribution in [0, 0.1) is 13.8 Å². The number of nitrogens with zero attached hydrogens (tertiary/aromatic N) is 2. The molecule has 0 aliphatic carbocycles. The molecule has 2 aromatic rings. The summed E-state index contributed by atoms with van der Waals surface area (Å²) in [7, 11) is 3.31. The second-order valence-electron chi connectivity index (χ2n) is 3.98. The van der Waals surface area contributed by atoms with E-state index in [1.807, 2.05) is 31.7 Å². The zero-order chi connectivity index (χ0) is 12.6. The molecule has 0 atom stereocenters. The van der Waals surface area contributed by atoms with Crippen LogP contribution < -0.4 is 0 Å². The SMILES string of the molecule is COC(=O)c1[nH]cc(-c2cn(C)c(C)n2)c1C. The van der Waals surface area contributed by atoms with Crippen LogP contribution in [0.3, 0.4) is 0 Å². The van der Waals surface area contributed by atoms with Crippen molar-refractivity contribution in [3.05, 3.63) is 29.5 Å². The first-order valence-electron chi connectivity index (χ1n) is 5.31. The quantitative estimate of drug-likeness (QED) is 0.805. The molecule has 0 aliphatic heterocycles. The molecule has 1 N–H and O–H groups in total. The molecule has 0 spiro atoms. The first kappa shape index (κ1) is 11.4. The Bertz CT molecular complexity index is 547. The van der Waals surface area contributed by atoms with Gasteiger partial charge in [-0.1, -0.05) is 0 Å². The molecule has 0 unspecified atom stereocenters. The molecule has 0 saturated heterocycles. The molecule has 0 fully saturated rings. The third-order valence-electron chi connectivity index (χ3n) is 2.91. The summed E-state index contributed by atoms with van der Waals surface area (Å²) in [6.45, 7) is 3.81. The Labute approximate surface area is 99.4 Å². The Morgan fingerprint density at radius 3 is 2.71 bits per heavy atom. The van der Waals surface area contributed by atoms with Gasteiger partial charge < -0.3 is 14.3 Å². The summed E-state index contributed by atoms with van der Waals surface area (Å²) < 4.78 is 6.64. The predicted molar refractivity (Wildman–Crippen MR) is 63.8 cm³/mol. The molecule has 0 saturated carbocycles. The summed E-state index contributed by atoms with van der Waals surface area (Å²) in [6.07, 6.45) is 3.72. The number of hydrogen-bond donors (Lipinski definition) is 1. The molecule has 5 heteroatoms. The van der Waals surface area contributed by atoms with Crippen LogP contribution >= 0.6 is 0 Å². The molecule has 5 nitrogen and oxygen atoms in total. The van der Waals surface area contributed by atoms with Crippen LogP contribution in [0.1, 0.15) is 21.9 Å². The highest BCUT2D eigenvalue weighted by Gasteiger charge is 2.17. The van der Waals surface area contributed by atoms with Crippen molar-refractivity contribution in [3.63, 3.8) is 0 Å². The first-order chi connectivity index (χ1) is 8.04. The highest BCUT2D eigenvalue weighted by molar-refractivity contribution is 5.91. The van der Waals surface area contributed by atoms with Crippen LogP contribution in [0.15, 0.2) is 12.4 Å². The van der Waals surface area contributed by atoms with E-state index in [9.17, 15) is 4.79 Å². The number of nitrogens with one attached hydrogen (secondary N) is 1. The number of methoxy groups -OCH3 is 1. The van der Waals surface area contributed by atoms with Crippen molar-refractivity contribution < 1.29 is 9.53 Å². The van der Waals surface area contributed by atoms with Gasteiger partial charge in [0.15, 0.2) is 0 Å². The average molecular weight is 233 g/mol. The van der Waals surface area contributed by atoms with Crippen molar-refractivity contribution in [1.82, 2.24) is 14.5 Å². The van der Waals surface area contributed by atoms with Gasteiger partial charge in [0, 0.05) is 25.0 Å². The Balaban J connectivity index is 2.47. The molecule has 2 rings (SSSR count). The van der Waals surface area contributed by atoms with E-state index in [4.69, 9.17) is 4.74 Å². The van der Waals surface area contributed by atoms with E-state index in [1.54, 1.807) is 6.20 Å². The minimum absolute atomic E-state index is 0.360. The number of aryl methyl sites for hydroxylation is 2. The summed E-state index contributed by atoms with van der Waals surface area (Å²) in [6, 6.07) is 0. The lowest BCUT2D eigenvalue weighted by atomic mass is 10.1. The summed E-state index contributed by atoms with van der Waals surface area (Å²) in [5, 5.41) is 0. The van der Waals surface area contributed by atoms with Crippen LogP contribution in [0.25, 0.3) is 11.3 Å². The Hall–Kier alpha value is -2.04. The van der Waals surface area contributed by atoms with Crippen molar-refractivity contribution in [2.45, 2.75) is 13.8 Å². The van der Waals surface area contributed by atoms with Gasteiger partial charge in [-0.05, 0) is 19.4 Å². The van der Waals surface area contributed by atoms with E-state index in [2.05, 4.69) is 9.97 Å². The first-order valence-corrected chi connectivity index (χ1v) is 5.31. The molecule has 0 amide bonds. The lowest BCUT2D eigenvalue weighted by molar-refractivity contribution is 0.0594. The number of H-pyrrole nitrogens is 1. The topological polar surface area (TPSA) is 59.9 Å². The summed E-state index contributed by atoms with van der Waals surface area (Å²) >= 11 is 0. The van der Waals surface area contributed by atoms with Gasteiger partial charge in [-0.3, -0.25) is 0 Å². The molecule has 2 aromatic heterocycles. The summed E-state index contributed by atoms with van der Waals surface area (Å²) in [5.74, 6) is 0.571. The van der Waals surface area contributed by atoms with Gasteiger partial charge in [0.1, 0.15) is 11.5 Å². The van der Waals surface area contributed by atoms with Crippen molar-refractivity contribution >= 4 is 5.97 Å². The fourth-order valence-electron chi connectivity index (χ4n) is 1.76. The molecule has 0 radical (unpaired) electrons. The van der Waals surface area contributed by atoms with E-state index in [0.29, 0.717) is 5.69 Å². The smallest absolute Gasteiger partial charge is 0.354 e. The van der Waals surface area contributed by atoms with E-state index < -0.39 is 0 Å². The van der Waals surface area contributed by atoms with Gasteiger partial charge in [0.25, 0.3) is 0 Å². The molecule has 0 bridgehead atoms. The Kier molecular flexibility index (Phi) is 2.75. The van der Waals surface area contributed by atoms with E-state index in [0.717, 1.165) is 22.6 Å². The average Bonchev–Trinajstić information content (AvgIpc) is 2.82. The van der Waals surface area contributed by atoms with Gasteiger partial charge in [0.2, 0.25) is 0 Å². The third kappa shape index (κ3) is 1.84. The molecular formula is C12H15N3O2. The highest BCUT2D eigenvalue weighted by atomic mass is 16.5. The second kappa shape index (κ2) is 4.08. The molecule has 17 heavy (non-hydrogen) atoms. The molecule has 90 valence electrons. The standard InChI is InChI=1S/C12H15N3O2/c1-7-9(5-13-11(7)12(16)17-4)10-6-15(3)8(2)14-10/h5-6,13H,1-4H3. The Morgan fingerprint density at radius 2 is 2.18 bits per heavy atom. The molecule has 0 aromatic carbocycles. The highest BCUT2D eigenvalue weighted by Crippen LogP contribution is 2.25. The van der Waals surface area contributed by atoms with Crippen LogP contribution in [0.2, 0.25) is 0 Å². The van der Waals surface area contributed by atoms with E-state index in [-0.39, 0.29) is 5.97 Å². The number of ether oxygens (including phenoxy) is 1. The minimum atomic E-state index is -0.360. The zero-order valence-corrected chi connectivity index (χ0v) is 10.4. The van der Waals surface area contributed by atoms with Gasteiger partial charge in [-0.2, -0.15) is 0 Å².